The smallest absolute Gasteiger partial charge is 0.223 e. The molecule has 0 spiro atoms. The van der Waals surface area contributed by atoms with Gasteiger partial charge in [-0.25, -0.2) is 14.4 Å². The minimum atomic E-state index is -0.315. The number of carbonyl (C=O) groups excluding carboxylic acids is 1. The molecule has 2 heterocycles. The van der Waals surface area contributed by atoms with Crippen molar-refractivity contribution in [2.45, 2.75) is 12.5 Å². The van der Waals surface area contributed by atoms with E-state index < -0.39 is 0 Å². The first-order chi connectivity index (χ1) is 13.5. The minimum absolute atomic E-state index is 0.131. The quantitative estimate of drug-likeness (QED) is 0.587. The molecule has 2 bridgehead atoms. The molecule has 5 rings (SSSR count). The Morgan fingerprint density at radius 1 is 1.25 bits per heavy atom. The largest absolute Gasteiger partial charge is 0.378 e. The van der Waals surface area contributed by atoms with E-state index in [-0.39, 0.29) is 35.5 Å². The summed E-state index contributed by atoms with van der Waals surface area (Å²) < 4.78 is 13.2. The van der Waals surface area contributed by atoms with Crippen molar-refractivity contribution in [3.63, 3.8) is 0 Å². The summed E-state index contributed by atoms with van der Waals surface area (Å²) in [5.41, 5.74) is 8.17. The molecule has 0 unspecified atom stereocenters. The first kappa shape index (κ1) is 17.2. The van der Waals surface area contributed by atoms with Gasteiger partial charge in [0.05, 0.1) is 22.8 Å². The van der Waals surface area contributed by atoms with Crippen LogP contribution in [0.3, 0.4) is 0 Å². The highest BCUT2D eigenvalue weighted by atomic mass is 35.5. The lowest BCUT2D eigenvalue weighted by molar-refractivity contribution is -0.122. The van der Waals surface area contributed by atoms with Gasteiger partial charge in [-0.2, -0.15) is 0 Å². The highest BCUT2D eigenvalue weighted by Crippen LogP contribution is 2.46. The highest BCUT2D eigenvalue weighted by Gasteiger charge is 2.47. The molecule has 8 heteroatoms. The van der Waals surface area contributed by atoms with Crippen LogP contribution >= 0.6 is 11.6 Å². The van der Waals surface area contributed by atoms with Gasteiger partial charge in [0, 0.05) is 11.6 Å². The number of carbonyl (C=O) groups is 1. The Balaban J connectivity index is 1.56. The molecule has 1 aromatic carbocycles. The van der Waals surface area contributed by atoms with E-state index in [1.807, 2.05) is 0 Å². The number of rotatable bonds is 4. The summed E-state index contributed by atoms with van der Waals surface area (Å²) in [7, 11) is 0. The molecule has 0 aliphatic heterocycles. The lowest BCUT2D eigenvalue weighted by atomic mass is 9.88. The lowest BCUT2D eigenvalue weighted by Gasteiger charge is -2.28. The number of hydrogen-bond donors (Lipinski definition) is 3. The van der Waals surface area contributed by atoms with E-state index in [0.29, 0.717) is 27.7 Å². The Morgan fingerprint density at radius 3 is 2.75 bits per heavy atom. The molecule has 1 fully saturated rings. The van der Waals surface area contributed by atoms with E-state index in [1.54, 1.807) is 12.1 Å². The topological polar surface area (TPSA) is 96.7 Å². The monoisotopic (exact) mass is 397 g/mol. The molecule has 28 heavy (non-hydrogen) atoms. The summed E-state index contributed by atoms with van der Waals surface area (Å²) in [5, 5.41) is 3.86. The number of imidazole rings is 1. The second-order valence-electron chi connectivity index (χ2n) is 7.32. The number of hydrogen-bond acceptors (Lipinski definition) is 4. The summed E-state index contributed by atoms with van der Waals surface area (Å²) in [5.74, 6) is 0.0346. The van der Waals surface area contributed by atoms with Crippen LogP contribution in [0.15, 0.2) is 42.6 Å². The first-order valence-corrected chi connectivity index (χ1v) is 9.43. The van der Waals surface area contributed by atoms with E-state index in [4.69, 9.17) is 17.3 Å². The molecule has 0 radical (unpaired) electrons. The molecule has 0 saturated heterocycles. The fourth-order valence-electron chi connectivity index (χ4n) is 4.39. The third-order valence-electron chi connectivity index (χ3n) is 5.69. The molecule has 2 aliphatic rings. The lowest BCUT2D eigenvalue weighted by Crippen LogP contribution is -2.41. The summed E-state index contributed by atoms with van der Waals surface area (Å²) in [6.45, 7) is 0. The van der Waals surface area contributed by atoms with E-state index in [9.17, 15) is 9.18 Å². The Kier molecular flexibility index (Phi) is 3.87. The summed E-state index contributed by atoms with van der Waals surface area (Å²) in [6, 6.07) is 5.91. The van der Waals surface area contributed by atoms with Crippen LogP contribution in [-0.4, -0.2) is 26.9 Å². The van der Waals surface area contributed by atoms with Crippen molar-refractivity contribution in [3.8, 4) is 11.4 Å². The second kappa shape index (κ2) is 6.31. The molecular weight excluding hydrogens is 381 g/mol. The van der Waals surface area contributed by atoms with Crippen LogP contribution in [0.25, 0.3) is 22.6 Å². The molecule has 2 aromatic heterocycles. The van der Waals surface area contributed by atoms with Gasteiger partial charge in [-0.15, -0.1) is 0 Å². The SMILES string of the molecule is NC(=O)[C@@H]1[C@H](Nc2c(Cl)cnc3nc(-c4ccc(F)cc4)[nH]c23)[C@H]2C=C[C@@H]1C2. The van der Waals surface area contributed by atoms with Crippen LogP contribution in [0, 0.1) is 23.6 Å². The van der Waals surface area contributed by atoms with Crippen LogP contribution in [0.2, 0.25) is 5.02 Å². The maximum absolute atomic E-state index is 13.2. The third-order valence-corrected chi connectivity index (χ3v) is 5.98. The second-order valence-corrected chi connectivity index (χ2v) is 7.73. The molecule has 2 aliphatic carbocycles. The van der Waals surface area contributed by atoms with Crippen molar-refractivity contribution in [2.75, 3.05) is 5.32 Å². The Bertz CT molecular complexity index is 1110. The van der Waals surface area contributed by atoms with Gasteiger partial charge in [-0.1, -0.05) is 23.8 Å². The number of amides is 1. The average molecular weight is 398 g/mol. The number of primary amides is 1. The van der Waals surface area contributed by atoms with Crippen molar-refractivity contribution >= 4 is 34.4 Å². The summed E-state index contributed by atoms with van der Waals surface area (Å²) in [4.78, 5) is 24.0. The zero-order valence-corrected chi connectivity index (χ0v) is 15.4. The van der Waals surface area contributed by atoms with Crippen molar-refractivity contribution in [1.29, 1.82) is 0 Å². The number of pyridine rings is 1. The maximum Gasteiger partial charge on any atom is 0.223 e. The Morgan fingerprint density at radius 2 is 2.00 bits per heavy atom. The predicted octanol–water partition coefficient (Wildman–Crippen LogP) is 3.51. The number of allylic oxidation sites excluding steroid dienone is 1. The van der Waals surface area contributed by atoms with Crippen LogP contribution in [-0.2, 0) is 4.79 Å². The molecule has 1 amide bonds. The van der Waals surface area contributed by atoms with Gasteiger partial charge in [-0.3, -0.25) is 4.79 Å². The van der Waals surface area contributed by atoms with Gasteiger partial charge in [0.2, 0.25) is 5.91 Å². The molecule has 6 nitrogen and oxygen atoms in total. The normalized spacial score (nSPS) is 25.5. The number of anilines is 1. The van der Waals surface area contributed by atoms with Gasteiger partial charge in [0.15, 0.2) is 5.65 Å². The van der Waals surface area contributed by atoms with Crippen molar-refractivity contribution < 1.29 is 9.18 Å². The van der Waals surface area contributed by atoms with E-state index in [0.717, 1.165) is 12.0 Å². The van der Waals surface area contributed by atoms with Crippen molar-refractivity contribution in [2.24, 2.45) is 23.5 Å². The zero-order chi connectivity index (χ0) is 19.4. The number of aromatic nitrogens is 3. The highest BCUT2D eigenvalue weighted by molar-refractivity contribution is 6.34. The van der Waals surface area contributed by atoms with Gasteiger partial charge in [0.1, 0.15) is 17.2 Å². The average Bonchev–Trinajstić information content (AvgIpc) is 3.38. The van der Waals surface area contributed by atoms with Crippen LogP contribution in [0.1, 0.15) is 6.42 Å². The summed E-state index contributed by atoms with van der Waals surface area (Å²) in [6.07, 6.45) is 6.64. The number of nitrogens with zero attached hydrogens (tertiary/aromatic N) is 2. The van der Waals surface area contributed by atoms with Crippen LogP contribution in [0.5, 0.6) is 0 Å². The number of benzene rings is 1. The Labute approximate surface area is 165 Å². The number of fused-ring (bicyclic) bond motifs is 3. The zero-order valence-electron chi connectivity index (χ0n) is 14.7. The van der Waals surface area contributed by atoms with Crippen LogP contribution < -0.4 is 11.1 Å². The van der Waals surface area contributed by atoms with Gasteiger partial charge in [-0.05, 0) is 42.5 Å². The number of halogens is 2. The fourth-order valence-corrected chi connectivity index (χ4v) is 4.59. The molecular formula is C20H17ClFN5O. The van der Waals surface area contributed by atoms with E-state index in [1.165, 1.54) is 18.3 Å². The first-order valence-electron chi connectivity index (χ1n) is 9.05. The molecule has 4 atom stereocenters. The standard InChI is InChI=1S/C20H17ClFN5O/c21-13-8-24-20-17(26-19(27-20)9-3-5-12(22)6-4-9)16(13)25-15-11-2-1-10(7-11)14(15)18(23)28/h1-6,8,10-11,14-15H,7H2,(H2,23,28)(H2,24,25,26,27)/t10-,11+,14+,15-/m1/s1. The molecule has 142 valence electrons. The number of H-pyrrole nitrogens is 1. The molecule has 1 saturated carbocycles. The van der Waals surface area contributed by atoms with Gasteiger partial charge >= 0.3 is 0 Å². The minimum Gasteiger partial charge on any atom is -0.378 e. The predicted molar refractivity (Wildman–Crippen MR) is 105 cm³/mol. The van der Waals surface area contributed by atoms with Crippen molar-refractivity contribution in [3.05, 3.63) is 53.5 Å². The molecule has 3 aromatic rings. The molecule has 4 N–H and O–H groups in total. The van der Waals surface area contributed by atoms with Gasteiger partial charge < -0.3 is 16.0 Å². The Hall–Kier alpha value is -2.93. The van der Waals surface area contributed by atoms with Gasteiger partial charge in [0.25, 0.3) is 0 Å². The maximum atomic E-state index is 13.2. The third kappa shape index (κ3) is 2.65. The van der Waals surface area contributed by atoms with Crippen molar-refractivity contribution in [1.82, 2.24) is 15.0 Å². The number of nitrogens with one attached hydrogen (secondary N) is 2. The van der Waals surface area contributed by atoms with E-state index in [2.05, 4.69) is 32.4 Å². The number of aromatic amines is 1. The van der Waals surface area contributed by atoms with Crippen LogP contribution in [0.4, 0.5) is 10.1 Å². The fraction of sp³-hybridized carbons (Fsp3) is 0.250. The summed E-state index contributed by atoms with van der Waals surface area (Å²) >= 11 is 6.43. The van der Waals surface area contributed by atoms with E-state index >= 15 is 0 Å². The number of nitrogens with two attached hydrogens (primary N) is 1.